The van der Waals surface area contributed by atoms with Crippen LogP contribution < -0.4 is 16.0 Å². The van der Waals surface area contributed by atoms with Crippen LogP contribution in [0.15, 0.2) is 29.3 Å². The van der Waals surface area contributed by atoms with Crippen molar-refractivity contribution in [3.05, 3.63) is 35.4 Å². The third-order valence-corrected chi connectivity index (χ3v) is 3.89. The number of nitrogens with one attached hydrogen (secondary N) is 3. The van der Waals surface area contributed by atoms with Crippen LogP contribution in [-0.2, 0) is 4.79 Å². The fourth-order valence-electron chi connectivity index (χ4n) is 2.26. The van der Waals surface area contributed by atoms with E-state index >= 15 is 0 Å². The van der Waals surface area contributed by atoms with E-state index < -0.39 is 0 Å². The number of hydrogen-bond donors (Lipinski definition) is 3. The Labute approximate surface area is 139 Å². The first-order valence-corrected chi connectivity index (χ1v) is 8.46. The van der Waals surface area contributed by atoms with Gasteiger partial charge in [-0.15, -0.1) is 0 Å². The lowest BCUT2D eigenvalue weighted by atomic mass is 10.0. The summed E-state index contributed by atoms with van der Waals surface area (Å²) >= 11 is 0. The Hall–Kier alpha value is -2.04. The maximum absolute atomic E-state index is 11.7. The zero-order chi connectivity index (χ0) is 16.7. The van der Waals surface area contributed by atoms with Crippen LogP contribution in [0.5, 0.6) is 0 Å². The molecule has 1 amide bonds. The van der Waals surface area contributed by atoms with Gasteiger partial charge in [0.25, 0.3) is 0 Å². The Bertz CT molecular complexity index is 534. The van der Waals surface area contributed by atoms with Gasteiger partial charge in [0.1, 0.15) is 6.54 Å². The number of rotatable bonds is 7. The minimum absolute atomic E-state index is 0.00344. The summed E-state index contributed by atoms with van der Waals surface area (Å²) in [6.45, 7) is 8.01. The number of carbonyl (C=O) groups excluding carboxylic acids is 1. The number of aryl methyl sites for hydroxylation is 1. The summed E-state index contributed by atoms with van der Waals surface area (Å²) in [6.07, 6.45) is 2.20. The smallest absolute Gasteiger partial charge is 0.242 e. The van der Waals surface area contributed by atoms with Crippen LogP contribution >= 0.6 is 0 Å². The summed E-state index contributed by atoms with van der Waals surface area (Å²) in [4.78, 5) is 16.1. The molecule has 1 aliphatic carbocycles. The normalized spacial score (nSPS) is 15.9. The molecule has 1 saturated carbocycles. The van der Waals surface area contributed by atoms with E-state index in [1.54, 1.807) is 0 Å². The van der Waals surface area contributed by atoms with Gasteiger partial charge in [0.2, 0.25) is 5.91 Å². The van der Waals surface area contributed by atoms with Crippen molar-refractivity contribution in [2.75, 3.05) is 19.6 Å². The number of nitrogens with zero attached hydrogens (tertiary/aromatic N) is 1. The van der Waals surface area contributed by atoms with Crippen LogP contribution in [-0.4, -0.2) is 37.5 Å². The predicted octanol–water partition coefficient (Wildman–Crippen LogP) is 1.93. The molecule has 3 N–H and O–H groups in total. The second-order valence-electron chi connectivity index (χ2n) is 6.23. The van der Waals surface area contributed by atoms with Crippen LogP contribution in [0.2, 0.25) is 0 Å². The molecule has 5 heteroatoms. The average Bonchev–Trinajstić information content (AvgIpc) is 3.34. The summed E-state index contributed by atoms with van der Waals surface area (Å²) in [6, 6.07) is 8.97. The van der Waals surface area contributed by atoms with Crippen LogP contribution in [0.3, 0.4) is 0 Å². The van der Waals surface area contributed by atoms with Crippen molar-refractivity contribution in [2.24, 2.45) is 4.99 Å². The number of amides is 1. The lowest BCUT2D eigenvalue weighted by Gasteiger charge is -2.16. The summed E-state index contributed by atoms with van der Waals surface area (Å²) in [5.41, 5.74) is 2.57. The largest absolute Gasteiger partial charge is 0.357 e. The Morgan fingerprint density at radius 2 is 1.96 bits per heavy atom. The lowest BCUT2D eigenvalue weighted by Crippen LogP contribution is -2.40. The number of aliphatic imine (C=N–C) groups is 1. The molecule has 1 unspecified atom stereocenters. The average molecular weight is 316 g/mol. The summed E-state index contributed by atoms with van der Waals surface area (Å²) in [5, 5.41) is 9.44. The monoisotopic (exact) mass is 316 g/mol. The van der Waals surface area contributed by atoms with Gasteiger partial charge in [-0.05, 0) is 38.2 Å². The second kappa shape index (κ2) is 8.56. The fraction of sp³-hybridized carbons (Fsp3) is 0.556. The summed E-state index contributed by atoms with van der Waals surface area (Å²) < 4.78 is 0. The molecular weight excluding hydrogens is 288 g/mol. The van der Waals surface area contributed by atoms with Crippen molar-refractivity contribution in [1.29, 1.82) is 0 Å². The van der Waals surface area contributed by atoms with E-state index in [0.29, 0.717) is 17.9 Å². The van der Waals surface area contributed by atoms with E-state index in [1.165, 1.54) is 11.1 Å². The highest BCUT2D eigenvalue weighted by molar-refractivity contribution is 5.85. The molecule has 0 aromatic heterocycles. The van der Waals surface area contributed by atoms with Crippen molar-refractivity contribution in [2.45, 2.75) is 45.6 Å². The Kier molecular flexibility index (Phi) is 6.44. The zero-order valence-corrected chi connectivity index (χ0v) is 14.4. The van der Waals surface area contributed by atoms with Crippen LogP contribution in [0.1, 0.15) is 43.7 Å². The van der Waals surface area contributed by atoms with E-state index in [1.807, 2.05) is 6.92 Å². The highest BCUT2D eigenvalue weighted by Gasteiger charge is 2.22. The van der Waals surface area contributed by atoms with Crippen molar-refractivity contribution < 1.29 is 4.79 Å². The predicted molar refractivity (Wildman–Crippen MR) is 94.7 cm³/mol. The molecule has 23 heavy (non-hydrogen) atoms. The molecule has 0 aliphatic heterocycles. The van der Waals surface area contributed by atoms with E-state index in [-0.39, 0.29) is 12.5 Å². The van der Waals surface area contributed by atoms with Crippen molar-refractivity contribution in [3.8, 4) is 0 Å². The quantitative estimate of drug-likeness (QED) is 0.532. The highest BCUT2D eigenvalue weighted by Crippen LogP contribution is 2.18. The SMILES string of the molecule is CCNC(=NCC(=O)NC1CC1)NCC(C)c1ccc(C)cc1. The molecule has 1 aromatic rings. The molecule has 0 saturated heterocycles. The molecule has 0 radical (unpaired) electrons. The Morgan fingerprint density at radius 1 is 1.26 bits per heavy atom. The van der Waals surface area contributed by atoms with E-state index in [2.05, 4.69) is 59.1 Å². The molecule has 1 aliphatic rings. The minimum atomic E-state index is -0.00344. The summed E-state index contributed by atoms with van der Waals surface area (Å²) in [5.74, 6) is 1.06. The van der Waals surface area contributed by atoms with Gasteiger partial charge in [0, 0.05) is 19.1 Å². The van der Waals surface area contributed by atoms with Gasteiger partial charge in [-0.3, -0.25) is 4.79 Å². The van der Waals surface area contributed by atoms with Crippen LogP contribution in [0, 0.1) is 6.92 Å². The van der Waals surface area contributed by atoms with Gasteiger partial charge in [0.15, 0.2) is 5.96 Å². The first-order valence-electron chi connectivity index (χ1n) is 8.46. The lowest BCUT2D eigenvalue weighted by molar-refractivity contribution is -0.119. The third-order valence-electron chi connectivity index (χ3n) is 3.89. The van der Waals surface area contributed by atoms with Gasteiger partial charge >= 0.3 is 0 Å². The number of benzene rings is 1. The molecule has 0 heterocycles. The van der Waals surface area contributed by atoms with Crippen molar-refractivity contribution in [1.82, 2.24) is 16.0 Å². The maximum Gasteiger partial charge on any atom is 0.242 e. The molecular formula is C18H28N4O. The van der Waals surface area contributed by atoms with Gasteiger partial charge in [0.05, 0.1) is 0 Å². The zero-order valence-electron chi connectivity index (χ0n) is 14.4. The van der Waals surface area contributed by atoms with Gasteiger partial charge in [-0.1, -0.05) is 36.8 Å². The number of carbonyl (C=O) groups is 1. The topological polar surface area (TPSA) is 65.5 Å². The standard InChI is InChI=1S/C18H28N4O/c1-4-19-18(21-12-17(23)22-16-9-10-16)20-11-14(3)15-7-5-13(2)6-8-15/h5-8,14,16H,4,9-12H2,1-3H3,(H,22,23)(H2,19,20,21). The Morgan fingerprint density at radius 3 is 2.57 bits per heavy atom. The molecule has 1 fully saturated rings. The molecule has 0 bridgehead atoms. The van der Waals surface area contributed by atoms with E-state index in [0.717, 1.165) is 25.9 Å². The van der Waals surface area contributed by atoms with Gasteiger partial charge < -0.3 is 16.0 Å². The summed E-state index contributed by atoms with van der Waals surface area (Å²) in [7, 11) is 0. The van der Waals surface area contributed by atoms with Crippen LogP contribution in [0.25, 0.3) is 0 Å². The first kappa shape index (κ1) is 17.3. The van der Waals surface area contributed by atoms with E-state index in [4.69, 9.17) is 0 Å². The highest BCUT2D eigenvalue weighted by atomic mass is 16.2. The van der Waals surface area contributed by atoms with Crippen molar-refractivity contribution >= 4 is 11.9 Å². The maximum atomic E-state index is 11.7. The van der Waals surface area contributed by atoms with E-state index in [9.17, 15) is 4.79 Å². The molecule has 0 spiro atoms. The van der Waals surface area contributed by atoms with Crippen molar-refractivity contribution in [3.63, 3.8) is 0 Å². The fourth-order valence-corrected chi connectivity index (χ4v) is 2.26. The van der Waals surface area contributed by atoms with Gasteiger partial charge in [-0.2, -0.15) is 0 Å². The van der Waals surface area contributed by atoms with Gasteiger partial charge in [-0.25, -0.2) is 4.99 Å². The molecule has 5 nitrogen and oxygen atoms in total. The number of hydrogen-bond acceptors (Lipinski definition) is 2. The Balaban J connectivity index is 1.82. The third kappa shape index (κ3) is 6.30. The number of guanidine groups is 1. The second-order valence-corrected chi connectivity index (χ2v) is 6.23. The van der Waals surface area contributed by atoms with Crippen LogP contribution in [0.4, 0.5) is 0 Å². The first-order chi connectivity index (χ1) is 11.1. The molecule has 1 atom stereocenters. The molecule has 2 rings (SSSR count). The minimum Gasteiger partial charge on any atom is -0.357 e. The molecule has 126 valence electrons. The molecule has 1 aromatic carbocycles.